The fourth-order valence-electron chi connectivity index (χ4n) is 4.22. The molecule has 2 aliphatic rings. The number of nitrogens with one attached hydrogen (secondary N) is 1. The van der Waals surface area contributed by atoms with Crippen LogP contribution >= 0.6 is 15.9 Å². The largest absolute Gasteiger partial charge is 0.353 e. The Morgan fingerprint density at radius 2 is 1.97 bits per heavy atom. The first kappa shape index (κ1) is 22.3. The van der Waals surface area contributed by atoms with Gasteiger partial charge in [-0.1, -0.05) is 26.7 Å². The molecule has 1 aliphatic heterocycles. The van der Waals surface area contributed by atoms with Crippen molar-refractivity contribution >= 4 is 43.3 Å². The first-order valence-electron chi connectivity index (χ1n) is 10.4. The zero-order chi connectivity index (χ0) is 21.2. The van der Waals surface area contributed by atoms with Gasteiger partial charge < -0.3 is 10.2 Å². The lowest BCUT2D eigenvalue weighted by Crippen LogP contribution is -2.41. The normalized spacial score (nSPS) is 21.7. The molecule has 3 rings (SSSR count). The van der Waals surface area contributed by atoms with E-state index in [4.69, 9.17) is 0 Å². The second-order valence-electron chi connectivity index (χ2n) is 8.06. The number of rotatable bonds is 6. The third-order valence-corrected chi connectivity index (χ3v) is 8.69. The van der Waals surface area contributed by atoms with Crippen molar-refractivity contribution < 1.29 is 18.0 Å². The van der Waals surface area contributed by atoms with Gasteiger partial charge in [-0.15, -0.1) is 0 Å². The van der Waals surface area contributed by atoms with Gasteiger partial charge in [0.15, 0.2) is 9.84 Å². The quantitative estimate of drug-likeness (QED) is 0.668. The fourth-order valence-corrected chi connectivity index (χ4v) is 6.67. The Labute approximate surface area is 181 Å². The van der Waals surface area contributed by atoms with Crippen molar-refractivity contribution in [1.82, 2.24) is 5.32 Å². The number of carbonyl (C=O) groups is 2. The molecule has 0 spiro atoms. The molecule has 1 fully saturated rings. The Morgan fingerprint density at radius 3 is 2.66 bits per heavy atom. The molecule has 1 aromatic carbocycles. The van der Waals surface area contributed by atoms with E-state index in [1.807, 2.05) is 0 Å². The van der Waals surface area contributed by atoms with Gasteiger partial charge in [0, 0.05) is 35.6 Å². The first-order valence-corrected chi connectivity index (χ1v) is 12.8. The summed E-state index contributed by atoms with van der Waals surface area (Å²) in [6.45, 7) is 4.49. The summed E-state index contributed by atoms with van der Waals surface area (Å²) in [5, 5.41) is 3.01. The van der Waals surface area contributed by atoms with Crippen LogP contribution in [0.3, 0.4) is 0 Å². The van der Waals surface area contributed by atoms with E-state index >= 15 is 0 Å². The second-order valence-corrected chi connectivity index (χ2v) is 11.0. The van der Waals surface area contributed by atoms with Crippen LogP contribution in [0.15, 0.2) is 21.5 Å². The molecule has 2 amide bonds. The fraction of sp³-hybridized carbons (Fsp3) is 0.619. The Kier molecular flexibility index (Phi) is 7.04. The monoisotopic (exact) mass is 484 g/mol. The summed E-state index contributed by atoms with van der Waals surface area (Å²) >= 11 is 3.37. The van der Waals surface area contributed by atoms with E-state index in [-0.39, 0.29) is 34.9 Å². The summed E-state index contributed by atoms with van der Waals surface area (Å²) < 4.78 is 26.4. The van der Waals surface area contributed by atoms with Crippen molar-refractivity contribution in [3.8, 4) is 0 Å². The standard InChI is InChI=1S/C21H29BrN2O4S/c1-3-21(26)24-10-8-15-12-16(22)19(13-18(15)24)29(27,28)11-9-20(25)23-17-7-5-4-6-14(17)2/h12-14,17H,3-11H2,1-2H3,(H,23,25)/t14-,17+/m0/s1. The molecule has 2 atom stereocenters. The summed E-state index contributed by atoms with van der Waals surface area (Å²) in [4.78, 5) is 26.3. The van der Waals surface area contributed by atoms with Gasteiger partial charge in [0.25, 0.3) is 0 Å². The van der Waals surface area contributed by atoms with Gasteiger partial charge in [-0.2, -0.15) is 0 Å². The lowest BCUT2D eigenvalue weighted by atomic mass is 9.86. The topological polar surface area (TPSA) is 83.6 Å². The van der Waals surface area contributed by atoms with Crippen molar-refractivity contribution in [3.63, 3.8) is 0 Å². The molecule has 0 saturated heterocycles. The maximum atomic E-state index is 12.9. The van der Waals surface area contributed by atoms with Gasteiger partial charge in [0.1, 0.15) is 0 Å². The van der Waals surface area contributed by atoms with Gasteiger partial charge >= 0.3 is 0 Å². The van der Waals surface area contributed by atoms with E-state index in [9.17, 15) is 18.0 Å². The minimum absolute atomic E-state index is 0.0181. The predicted octanol–water partition coefficient (Wildman–Crippen LogP) is 3.61. The molecule has 1 heterocycles. The molecular weight excluding hydrogens is 456 g/mol. The highest BCUT2D eigenvalue weighted by Crippen LogP contribution is 2.36. The molecule has 29 heavy (non-hydrogen) atoms. The molecule has 1 aliphatic carbocycles. The van der Waals surface area contributed by atoms with Crippen LogP contribution in [-0.4, -0.2) is 38.6 Å². The van der Waals surface area contributed by atoms with E-state index in [2.05, 4.69) is 28.2 Å². The van der Waals surface area contributed by atoms with E-state index in [0.717, 1.165) is 24.8 Å². The average Bonchev–Trinajstić information content (AvgIpc) is 3.09. The molecule has 1 aromatic rings. The van der Waals surface area contributed by atoms with E-state index in [1.54, 1.807) is 24.0 Å². The smallest absolute Gasteiger partial charge is 0.226 e. The molecule has 0 radical (unpaired) electrons. The van der Waals surface area contributed by atoms with Crippen molar-refractivity contribution in [3.05, 3.63) is 22.2 Å². The average molecular weight is 485 g/mol. The van der Waals surface area contributed by atoms with Crippen LogP contribution in [-0.2, 0) is 25.8 Å². The number of benzene rings is 1. The Balaban J connectivity index is 1.71. The number of hydrogen-bond acceptors (Lipinski definition) is 4. The number of nitrogens with zero attached hydrogens (tertiary/aromatic N) is 1. The van der Waals surface area contributed by atoms with Crippen molar-refractivity contribution in [2.24, 2.45) is 5.92 Å². The molecule has 1 N–H and O–H groups in total. The molecular formula is C21H29BrN2O4S. The van der Waals surface area contributed by atoms with Crippen LogP contribution in [0.5, 0.6) is 0 Å². The van der Waals surface area contributed by atoms with Crippen LogP contribution in [0.2, 0.25) is 0 Å². The summed E-state index contributed by atoms with van der Waals surface area (Å²) in [7, 11) is -3.66. The van der Waals surface area contributed by atoms with Gasteiger partial charge in [-0.3, -0.25) is 9.59 Å². The number of hydrogen-bond donors (Lipinski definition) is 1. The molecule has 160 valence electrons. The molecule has 6 nitrogen and oxygen atoms in total. The molecule has 1 saturated carbocycles. The lowest BCUT2D eigenvalue weighted by molar-refractivity contribution is -0.122. The number of fused-ring (bicyclic) bond motifs is 1. The third kappa shape index (κ3) is 5.02. The lowest BCUT2D eigenvalue weighted by Gasteiger charge is -2.29. The number of sulfone groups is 1. The predicted molar refractivity (Wildman–Crippen MR) is 117 cm³/mol. The summed E-state index contributed by atoms with van der Waals surface area (Å²) in [6, 6.07) is 3.50. The van der Waals surface area contributed by atoms with E-state index in [1.165, 1.54) is 6.42 Å². The zero-order valence-electron chi connectivity index (χ0n) is 17.0. The van der Waals surface area contributed by atoms with Crippen molar-refractivity contribution in [2.75, 3.05) is 17.2 Å². The van der Waals surface area contributed by atoms with Gasteiger partial charge in [-0.25, -0.2) is 8.42 Å². The minimum Gasteiger partial charge on any atom is -0.353 e. The zero-order valence-corrected chi connectivity index (χ0v) is 19.4. The molecule has 0 aromatic heterocycles. The SMILES string of the molecule is CCC(=O)N1CCc2cc(Br)c(S(=O)(=O)CCC(=O)N[C@@H]3CCCC[C@@H]3C)cc21. The maximum Gasteiger partial charge on any atom is 0.226 e. The van der Waals surface area contributed by atoms with Crippen molar-refractivity contribution in [1.29, 1.82) is 0 Å². The van der Waals surface area contributed by atoms with Gasteiger partial charge in [0.05, 0.1) is 10.6 Å². The van der Waals surface area contributed by atoms with Gasteiger partial charge in [0.2, 0.25) is 11.8 Å². The van der Waals surface area contributed by atoms with Crippen molar-refractivity contribution in [2.45, 2.75) is 69.7 Å². The highest BCUT2D eigenvalue weighted by Gasteiger charge is 2.29. The van der Waals surface area contributed by atoms with Crippen LogP contribution in [0.25, 0.3) is 0 Å². The molecule has 8 heteroatoms. The van der Waals surface area contributed by atoms with Crippen LogP contribution in [0.4, 0.5) is 5.69 Å². The highest BCUT2D eigenvalue weighted by atomic mass is 79.9. The van der Waals surface area contributed by atoms with Crippen LogP contribution in [0.1, 0.15) is 57.9 Å². The van der Waals surface area contributed by atoms with Crippen LogP contribution < -0.4 is 10.2 Å². The molecule has 0 unspecified atom stereocenters. The highest BCUT2D eigenvalue weighted by molar-refractivity contribution is 9.10. The first-order chi connectivity index (χ1) is 13.7. The van der Waals surface area contributed by atoms with Gasteiger partial charge in [-0.05, 0) is 58.8 Å². The Hall–Kier alpha value is -1.41. The number of amides is 2. The third-order valence-electron chi connectivity index (χ3n) is 6.02. The van der Waals surface area contributed by atoms with E-state index < -0.39 is 9.84 Å². The summed E-state index contributed by atoms with van der Waals surface area (Å²) in [5.41, 5.74) is 1.63. The molecule has 0 bridgehead atoms. The Morgan fingerprint density at radius 1 is 1.24 bits per heavy atom. The van der Waals surface area contributed by atoms with Crippen LogP contribution in [0, 0.1) is 5.92 Å². The number of halogens is 1. The Bertz CT molecular complexity index is 900. The summed E-state index contributed by atoms with van der Waals surface area (Å²) in [6.07, 6.45) is 5.36. The minimum atomic E-state index is -3.66. The summed E-state index contributed by atoms with van der Waals surface area (Å²) in [5.74, 6) is -0.0565. The maximum absolute atomic E-state index is 12.9. The second kappa shape index (κ2) is 9.16. The van der Waals surface area contributed by atoms with E-state index in [0.29, 0.717) is 35.5 Å². The number of carbonyl (C=O) groups excluding carboxylic acids is 2. The number of anilines is 1.